The Hall–Kier alpha value is -3.59. The van der Waals surface area contributed by atoms with Crippen LogP contribution < -0.4 is 9.47 Å². The maximum absolute atomic E-state index is 12.7. The first-order valence-corrected chi connectivity index (χ1v) is 11.3. The van der Waals surface area contributed by atoms with Crippen molar-refractivity contribution in [1.29, 1.82) is 0 Å². The Morgan fingerprint density at radius 1 is 1.06 bits per heavy atom. The lowest BCUT2D eigenvalue weighted by Gasteiger charge is -2.33. The van der Waals surface area contributed by atoms with Crippen LogP contribution in [0.25, 0.3) is 6.08 Å². The Morgan fingerprint density at radius 2 is 1.85 bits per heavy atom. The molecular formula is C25H30N4O5. The summed E-state index contributed by atoms with van der Waals surface area (Å²) < 4.78 is 21.7. The third-order valence-electron chi connectivity index (χ3n) is 5.91. The molecule has 0 saturated carbocycles. The van der Waals surface area contributed by atoms with Gasteiger partial charge in [-0.1, -0.05) is 16.4 Å². The van der Waals surface area contributed by atoms with E-state index in [0.717, 1.165) is 53.7 Å². The second-order valence-electron chi connectivity index (χ2n) is 8.37. The second-order valence-corrected chi connectivity index (χ2v) is 8.37. The molecule has 0 atom stereocenters. The van der Waals surface area contributed by atoms with E-state index in [0.29, 0.717) is 31.2 Å². The summed E-state index contributed by atoms with van der Waals surface area (Å²) in [5.74, 6) is 2.76. The van der Waals surface area contributed by atoms with Gasteiger partial charge in [-0.3, -0.25) is 9.69 Å². The van der Waals surface area contributed by atoms with Gasteiger partial charge < -0.3 is 23.4 Å². The number of amides is 1. The molecule has 1 amide bonds. The van der Waals surface area contributed by atoms with Crippen molar-refractivity contribution in [1.82, 2.24) is 20.1 Å². The molecule has 1 saturated heterocycles. The zero-order valence-electron chi connectivity index (χ0n) is 20.0. The summed E-state index contributed by atoms with van der Waals surface area (Å²) in [5.41, 5.74) is 3.51. The van der Waals surface area contributed by atoms with E-state index in [4.69, 9.17) is 18.5 Å². The number of carbonyl (C=O) groups is 1. The highest BCUT2D eigenvalue weighted by molar-refractivity contribution is 5.92. The van der Waals surface area contributed by atoms with E-state index in [2.05, 4.69) is 15.2 Å². The maximum Gasteiger partial charge on any atom is 0.246 e. The second kappa shape index (κ2) is 10.6. The number of methoxy groups -OCH3 is 1. The molecule has 0 N–H and O–H groups in total. The highest BCUT2D eigenvalue weighted by Gasteiger charge is 2.20. The van der Waals surface area contributed by atoms with Crippen molar-refractivity contribution in [3.05, 3.63) is 64.4 Å². The summed E-state index contributed by atoms with van der Waals surface area (Å²) in [7, 11) is 1.59. The lowest BCUT2D eigenvalue weighted by molar-refractivity contribution is -0.127. The van der Waals surface area contributed by atoms with Gasteiger partial charge in [-0.15, -0.1) is 0 Å². The van der Waals surface area contributed by atoms with Crippen LogP contribution in [0.1, 0.15) is 34.0 Å². The first-order chi connectivity index (χ1) is 16.4. The van der Waals surface area contributed by atoms with E-state index in [1.165, 1.54) is 0 Å². The summed E-state index contributed by atoms with van der Waals surface area (Å²) in [6, 6.07) is 7.53. The Kier molecular flexibility index (Phi) is 7.32. The van der Waals surface area contributed by atoms with Crippen LogP contribution in [0.3, 0.4) is 0 Å². The number of carbonyl (C=O) groups excluding carboxylic acids is 1. The largest absolute Gasteiger partial charge is 0.493 e. The molecule has 34 heavy (non-hydrogen) atoms. The number of ether oxygens (including phenoxy) is 2. The molecule has 3 heterocycles. The minimum atomic E-state index is -0.00497. The summed E-state index contributed by atoms with van der Waals surface area (Å²) in [6.07, 6.45) is 3.41. The number of aryl methyl sites for hydroxylation is 3. The van der Waals surface area contributed by atoms with Gasteiger partial charge in [0.15, 0.2) is 11.5 Å². The number of hydrogen-bond acceptors (Lipinski definition) is 8. The molecule has 3 aromatic rings. The Balaban J connectivity index is 1.31. The molecule has 1 aliphatic heterocycles. The van der Waals surface area contributed by atoms with Gasteiger partial charge in [0.05, 0.1) is 24.1 Å². The van der Waals surface area contributed by atoms with Gasteiger partial charge in [-0.25, -0.2) is 0 Å². The normalized spacial score (nSPS) is 14.6. The van der Waals surface area contributed by atoms with Gasteiger partial charge >= 0.3 is 0 Å². The predicted octanol–water partition coefficient (Wildman–Crippen LogP) is 3.53. The number of nitrogens with zero attached hydrogens (tertiary/aromatic N) is 4. The first kappa shape index (κ1) is 23.6. The van der Waals surface area contributed by atoms with Crippen LogP contribution in [0, 0.1) is 20.8 Å². The van der Waals surface area contributed by atoms with Crippen LogP contribution in [0.2, 0.25) is 0 Å². The quantitative estimate of drug-likeness (QED) is 0.466. The van der Waals surface area contributed by atoms with Crippen LogP contribution in [-0.4, -0.2) is 59.3 Å². The van der Waals surface area contributed by atoms with Gasteiger partial charge in [0.2, 0.25) is 5.91 Å². The monoisotopic (exact) mass is 466 g/mol. The van der Waals surface area contributed by atoms with E-state index in [1.54, 1.807) is 19.3 Å². The highest BCUT2D eigenvalue weighted by atomic mass is 16.5. The molecule has 9 heteroatoms. The standard InChI is InChI=1S/C25H30N4O5/c1-17-13-21(27-33-17)15-28-9-11-29(12-10-28)25(30)8-6-20-5-7-23(24(14-20)31-4)32-16-22-18(2)26-34-19(22)3/h5-8,13-14H,9-12,15-16H2,1-4H3. The molecule has 1 aliphatic rings. The Labute approximate surface area is 198 Å². The number of piperazine rings is 1. The zero-order chi connectivity index (χ0) is 24.1. The molecule has 1 aromatic carbocycles. The number of hydrogen-bond donors (Lipinski definition) is 0. The maximum atomic E-state index is 12.7. The molecule has 0 spiro atoms. The molecule has 2 aromatic heterocycles. The molecular weight excluding hydrogens is 436 g/mol. The van der Waals surface area contributed by atoms with Crippen LogP contribution in [0.15, 0.2) is 39.4 Å². The minimum absolute atomic E-state index is 0.00497. The third kappa shape index (κ3) is 5.66. The smallest absolute Gasteiger partial charge is 0.246 e. The lowest BCUT2D eigenvalue weighted by atomic mass is 10.1. The van der Waals surface area contributed by atoms with Crippen molar-refractivity contribution in [3.8, 4) is 11.5 Å². The van der Waals surface area contributed by atoms with Crippen LogP contribution in [0.4, 0.5) is 0 Å². The van der Waals surface area contributed by atoms with Crippen molar-refractivity contribution in [2.75, 3.05) is 33.3 Å². The molecule has 4 rings (SSSR count). The van der Waals surface area contributed by atoms with Crippen LogP contribution in [-0.2, 0) is 17.9 Å². The van der Waals surface area contributed by atoms with Crippen LogP contribution in [0.5, 0.6) is 11.5 Å². The minimum Gasteiger partial charge on any atom is -0.493 e. The van der Waals surface area contributed by atoms with Crippen molar-refractivity contribution >= 4 is 12.0 Å². The first-order valence-electron chi connectivity index (χ1n) is 11.3. The molecule has 180 valence electrons. The molecule has 0 bridgehead atoms. The van der Waals surface area contributed by atoms with Crippen molar-refractivity contribution in [3.63, 3.8) is 0 Å². The fraction of sp³-hybridized carbons (Fsp3) is 0.400. The van der Waals surface area contributed by atoms with E-state index in [9.17, 15) is 4.79 Å². The average Bonchev–Trinajstić information content (AvgIpc) is 3.40. The van der Waals surface area contributed by atoms with Crippen molar-refractivity contribution in [2.24, 2.45) is 0 Å². The van der Waals surface area contributed by atoms with E-state index in [-0.39, 0.29) is 5.91 Å². The summed E-state index contributed by atoms with van der Waals surface area (Å²) in [6.45, 7) is 9.67. The van der Waals surface area contributed by atoms with Gasteiger partial charge in [0.1, 0.15) is 18.1 Å². The zero-order valence-corrected chi connectivity index (χ0v) is 20.0. The van der Waals surface area contributed by atoms with E-state index < -0.39 is 0 Å². The van der Waals surface area contributed by atoms with Gasteiger partial charge in [0, 0.05) is 44.9 Å². The molecule has 1 fully saturated rings. The molecule has 0 aliphatic carbocycles. The molecule has 9 nitrogen and oxygen atoms in total. The summed E-state index contributed by atoms with van der Waals surface area (Å²) in [5, 5.41) is 7.99. The van der Waals surface area contributed by atoms with E-state index in [1.807, 2.05) is 49.9 Å². The summed E-state index contributed by atoms with van der Waals surface area (Å²) >= 11 is 0. The van der Waals surface area contributed by atoms with Gasteiger partial charge in [0.25, 0.3) is 0 Å². The lowest BCUT2D eigenvalue weighted by Crippen LogP contribution is -2.47. The van der Waals surface area contributed by atoms with Crippen molar-refractivity contribution < 1.29 is 23.3 Å². The molecule has 0 radical (unpaired) electrons. The number of benzene rings is 1. The fourth-order valence-corrected chi connectivity index (χ4v) is 3.89. The molecule has 0 unspecified atom stereocenters. The Morgan fingerprint density at radius 3 is 2.50 bits per heavy atom. The Bertz CT molecular complexity index is 1140. The third-order valence-corrected chi connectivity index (χ3v) is 5.91. The van der Waals surface area contributed by atoms with Crippen molar-refractivity contribution in [2.45, 2.75) is 33.9 Å². The predicted molar refractivity (Wildman–Crippen MR) is 125 cm³/mol. The topological polar surface area (TPSA) is 94.1 Å². The number of rotatable bonds is 8. The number of aromatic nitrogens is 2. The van der Waals surface area contributed by atoms with E-state index >= 15 is 0 Å². The van der Waals surface area contributed by atoms with Gasteiger partial charge in [-0.2, -0.15) is 0 Å². The summed E-state index contributed by atoms with van der Waals surface area (Å²) in [4.78, 5) is 16.8. The highest BCUT2D eigenvalue weighted by Crippen LogP contribution is 2.30. The SMILES string of the molecule is COc1cc(C=CC(=O)N2CCN(Cc3cc(C)on3)CC2)ccc1OCc1c(C)noc1C. The average molecular weight is 467 g/mol. The van der Waals surface area contributed by atoms with Gasteiger partial charge in [-0.05, 0) is 44.5 Å². The van der Waals surface area contributed by atoms with Crippen LogP contribution >= 0.6 is 0 Å². The fourth-order valence-electron chi connectivity index (χ4n) is 3.89.